The SMILES string of the molecule is CCCc1c(C(C)C)cc(C(C)C)c(C(C)O)c1-c1ccccc1O. The van der Waals surface area contributed by atoms with E-state index in [1.807, 2.05) is 25.1 Å². The third kappa shape index (κ3) is 3.90. The molecule has 0 aliphatic heterocycles. The molecule has 2 heteroatoms. The number of phenolic OH excluding ortho intramolecular Hbond substituents is 1. The maximum atomic E-state index is 10.6. The summed E-state index contributed by atoms with van der Waals surface area (Å²) in [6.07, 6.45) is 1.39. The Kier molecular flexibility index (Phi) is 6.29. The molecular weight excluding hydrogens is 308 g/mol. The van der Waals surface area contributed by atoms with E-state index in [2.05, 4.69) is 40.7 Å². The molecule has 2 aromatic carbocycles. The van der Waals surface area contributed by atoms with E-state index in [1.165, 1.54) is 16.7 Å². The first-order valence-corrected chi connectivity index (χ1v) is 9.45. The van der Waals surface area contributed by atoms with E-state index < -0.39 is 6.10 Å². The van der Waals surface area contributed by atoms with Crippen molar-refractivity contribution in [2.45, 2.75) is 72.3 Å². The normalized spacial score (nSPS) is 12.8. The van der Waals surface area contributed by atoms with Gasteiger partial charge in [-0.3, -0.25) is 0 Å². The first kappa shape index (κ1) is 19.5. The summed E-state index contributed by atoms with van der Waals surface area (Å²) in [4.78, 5) is 0. The lowest BCUT2D eigenvalue weighted by Crippen LogP contribution is -2.10. The molecule has 0 radical (unpaired) electrons. The molecule has 2 rings (SSSR count). The highest BCUT2D eigenvalue weighted by Crippen LogP contribution is 2.44. The molecule has 0 aliphatic carbocycles. The molecule has 0 saturated carbocycles. The fraction of sp³-hybridized carbons (Fsp3) is 0.478. The molecule has 0 bridgehead atoms. The minimum absolute atomic E-state index is 0.275. The summed E-state index contributed by atoms with van der Waals surface area (Å²) in [7, 11) is 0. The highest BCUT2D eigenvalue weighted by Gasteiger charge is 2.25. The Morgan fingerprint density at radius 3 is 2.00 bits per heavy atom. The summed E-state index contributed by atoms with van der Waals surface area (Å²) in [6, 6.07) is 9.77. The number of aromatic hydroxyl groups is 1. The maximum absolute atomic E-state index is 10.6. The molecule has 25 heavy (non-hydrogen) atoms. The van der Waals surface area contributed by atoms with Crippen LogP contribution in [0, 0.1) is 0 Å². The zero-order valence-electron chi connectivity index (χ0n) is 16.4. The Morgan fingerprint density at radius 1 is 0.920 bits per heavy atom. The molecule has 0 aliphatic rings. The van der Waals surface area contributed by atoms with Crippen LogP contribution in [0.15, 0.2) is 30.3 Å². The second kappa shape index (κ2) is 8.05. The molecule has 0 amide bonds. The van der Waals surface area contributed by atoms with Crippen molar-refractivity contribution in [2.24, 2.45) is 0 Å². The summed E-state index contributed by atoms with van der Waals surface area (Å²) in [5.74, 6) is 0.978. The molecule has 0 aromatic heterocycles. The van der Waals surface area contributed by atoms with Crippen LogP contribution in [0.25, 0.3) is 11.1 Å². The predicted octanol–water partition coefficient (Wildman–Crippen LogP) is 6.31. The molecule has 0 fully saturated rings. The number of aliphatic hydroxyl groups is 1. The second-order valence-corrected chi connectivity index (χ2v) is 7.57. The molecular formula is C23H32O2. The Hall–Kier alpha value is -1.80. The third-order valence-electron chi connectivity index (χ3n) is 4.88. The van der Waals surface area contributed by atoms with Gasteiger partial charge < -0.3 is 10.2 Å². The van der Waals surface area contributed by atoms with Gasteiger partial charge in [-0.15, -0.1) is 0 Å². The largest absolute Gasteiger partial charge is 0.507 e. The second-order valence-electron chi connectivity index (χ2n) is 7.57. The standard InChI is InChI=1S/C23H32O2/c1-7-10-17-19(14(2)3)13-20(15(4)5)22(16(6)24)23(17)18-11-8-9-12-21(18)25/h8-9,11-16,24-25H,7,10H2,1-6H3. The van der Waals surface area contributed by atoms with Gasteiger partial charge in [0.1, 0.15) is 5.75 Å². The zero-order chi connectivity index (χ0) is 18.7. The highest BCUT2D eigenvalue weighted by molar-refractivity contribution is 5.79. The van der Waals surface area contributed by atoms with Crippen LogP contribution in [0.2, 0.25) is 0 Å². The van der Waals surface area contributed by atoms with Gasteiger partial charge in [0, 0.05) is 5.56 Å². The molecule has 1 atom stereocenters. The zero-order valence-corrected chi connectivity index (χ0v) is 16.4. The van der Waals surface area contributed by atoms with E-state index in [-0.39, 0.29) is 5.75 Å². The number of hydrogen-bond acceptors (Lipinski definition) is 2. The van der Waals surface area contributed by atoms with Crippen LogP contribution in [0.3, 0.4) is 0 Å². The Labute approximate surface area is 152 Å². The fourth-order valence-corrected chi connectivity index (χ4v) is 3.74. The number of phenols is 1. The van der Waals surface area contributed by atoms with Crippen molar-refractivity contribution in [3.8, 4) is 16.9 Å². The number of benzene rings is 2. The highest BCUT2D eigenvalue weighted by atomic mass is 16.3. The lowest BCUT2D eigenvalue weighted by atomic mass is 9.78. The lowest BCUT2D eigenvalue weighted by molar-refractivity contribution is 0.198. The van der Waals surface area contributed by atoms with Crippen molar-refractivity contribution in [3.63, 3.8) is 0 Å². The molecule has 136 valence electrons. The summed E-state index contributed by atoms with van der Waals surface area (Å²) in [6.45, 7) is 12.8. The monoisotopic (exact) mass is 340 g/mol. The first-order chi connectivity index (χ1) is 11.8. The topological polar surface area (TPSA) is 40.5 Å². The van der Waals surface area contributed by atoms with Gasteiger partial charge in [-0.2, -0.15) is 0 Å². The summed E-state index contributed by atoms with van der Waals surface area (Å²) in [5, 5.41) is 21.2. The van der Waals surface area contributed by atoms with E-state index >= 15 is 0 Å². The average molecular weight is 341 g/mol. The smallest absolute Gasteiger partial charge is 0.123 e. The van der Waals surface area contributed by atoms with Gasteiger partial charge in [0.25, 0.3) is 0 Å². The molecule has 0 saturated heterocycles. The first-order valence-electron chi connectivity index (χ1n) is 9.45. The van der Waals surface area contributed by atoms with Crippen LogP contribution in [0.4, 0.5) is 0 Å². The lowest BCUT2D eigenvalue weighted by Gasteiger charge is -2.27. The van der Waals surface area contributed by atoms with E-state index in [1.54, 1.807) is 6.07 Å². The fourth-order valence-electron chi connectivity index (χ4n) is 3.74. The summed E-state index contributed by atoms with van der Waals surface area (Å²) >= 11 is 0. The van der Waals surface area contributed by atoms with Gasteiger partial charge in [0.15, 0.2) is 0 Å². The Bertz CT molecular complexity index is 727. The number of para-hydroxylation sites is 1. The molecule has 2 nitrogen and oxygen atoms in total. The third-order valence-corrected chi connectivity index (χ3v) is 4.88. The van der Waals surface area contributed by atoms with Crippen molar-refractivity contribution in [1.82, 2.24) is 0 Å². The minimum atomic E-state index is -0.580. The van der Waals surface area contributed by atoms with Crippen LogP contribution in [0.1, 0.15) is 88.2 Å². The molecule has 1 unspecified atom stereocenters. The van der Waals surface area contributed by atoms with E-state index in [9.17, 15) is 10.2 Å². The van der Waals surface area contributed by atoms with E-state index in [4.69, 9.17) is 0 Å². The summed E-state index contributed by atoms with van der Waals surface area (Å²) in [5.41, 5.74) is 6.59. The van der Waals surface area contributed by atoms with Crippen molar-refractivity contribution < 1.29 is 10.2 Å². The van der Waals surface area contributed by atoms with Gasteiger partial charge in [-0.25, -0.2) is 0 Å². The van der Waals surface area contributed by atoms with Gasteiger partial charge in [-0.05, 0) is 59.1 Å². The van der Waals surface area contributed by atoms with Crippen LogP contribution >= 0.6 is 0 Å². The van der Waals surface area contributed by atoms with Crippen LogP contribution in [-0.4, -0.2) is 10.2 Å². The van der Waals surface area contributed by atoms with Crippen molar-refractivity contribution in [3.05, 3.63) is 52.6 Å². The number of aliphatic hydroxyl groups excluding tert-OH is 1. The molecule has 2 N–H and O–H groups in total. The van der Waals surface area contributed by atoms with Crippen molar-refractivity contribution in [2.75, 3.05) is 0 Å². The van der Waals surface area contributed by atoms with Gasteiger partial charge in [0.05, 0.1) is 6.10 Å². The van der Waals surface area contributed by atoms with Crippen LogP contribution in [-0.2, 0) is 6.42 Å². The number of hydrogen-bond donors (Lipinski definition) is 2. The molecule has 0 heterocycles. The van der Waals surface area contributed by atoms with Crippen molar-refractivity contribution >= 4 is 0 Å². The number of rotatable bonds is 6. The molecule has 2 aromatic rings. The maximum Gasteiger partial charge on any atom is 0.123 e. The average Bonchev–Trinajstić information content (AvgIpc) is 2.54. The van der Waals surface area contributed by atoms with Gasteiger partial charge >= 0.3 is 0 Å². The van der Waals surface area contributed by atoms with Gasteiger partial charge in [0.2, 0.25) is 0 Å². The van der Waals surface area contributed by atoms with Gasteiger partial charge in [-0.1, -0.05) is 65.3 Å². The van der Waals surface area contributed by atoms with E-state index in [0.717, 1.165) is 29.5 Å². The Morgan fingerprint density at radius 2 is 1.52 bits per heavy atom. The molecule has 0 spiro atoms. The summed E-state index contributed by atoms with van der Waals surface area (Å²) < 4.78 is 0. The van der Waals surface area contributed by atoms with Crippen molar-refractivity contribution in [1.29, 1.82) is 0 Å². The predicted molar refractivity (Wildman–Crippen MR) is 106 cm³/mol. The minimum Gasteiger partial charge on any atom is -0.507 e. The van der Waals surface area contributed by atoms with Crippen LogP contribution < -0.4 is 0 Å². The Balaban J connectivity index is 2.99. The van der Waals surface area contributed by atoms with E-state index in [0.29, 0.717) is 11.8 Å². The van der Waals surface area contributed by atoms with Crippen LogP contribution in [0.5, 0.6) is 5.75 Å². The quantitative estimate of drug-likeness (QED) is 0.646.